The fraction of sp³-hybridized carbons (Fsp3) is 0.581. The van der Waals surface area contributed by atoms with Crippen molar-refractivity contribution in [1.29, 1.82) is 0 Å². The van der Waals surface area contributed by atoms with Crippen LogP contribution in [0.5, 0.6) is 5.75 Å². The van der Waals surface area contributed by atoms with Crippen LogP contribution in [-0.2, 0) is 19.1 Å². The Labute approximate surface area is 217 Å². The van der Waals surface area contributed by atoms with Gasteiger partial charge in [-0.2, -0.15) is 0 Å². The lowest BCUT2D eigenvalue weighted by Gasteiger charge is -2.15. The normalized spacial score (nSPS) is 15.7. The molecular weight excluding hydrogens is 452 g/mol. The van der Waals surface area contributed by atoms with Crippen molar-refractivity contribution in [3.8, 4) is 5.75 Å². The van der Waals surface area contributed by atoms with Crippen LogP contribution in [-0.4, -0.2) is 24.1 Å². The topological polar surface area (TPSA) is 69.7 Å². The van der Waals surface area contributed by atoms with E-state index in [9.17, 15) is 14.4 Å². The highest BCUT2D eigenvalue weighted by Crippen LogP contribution is 2.18. The number of unbranched alkanes of at least 4 members (excludes halogenated alkanes) is 13. The van der Waals surface area contributed by atoms with E-state index in [1.807, 2.05) is 24.3 Å². The van der Waals surface area contributed by atoms with Crippen LogP contribution < -0.4 is 4.74 Å². The van der Waals surface area contributed by atoms with E-state index in [4.69, 9.17) is 9.47 Å². The summed E-state index contributed by atoms with van der Waals surface area (Å²) < 4.78 is 10.7. The van der Waals surface area contributed by atoms with Gasteiger partial charge in [-0.3, -0.25) is 14.4 Å². The van der Waals surface area contributed by atoms with Gasteiger partial charge in [0.1, 0.15) is 11.5 Å². The van der Waals surface area contributed by atoms with Crippen molar-refractivity contribution in [1.82, 2.24) is 0 Å². The van der Waals surface area contributed by atoms with Crippen LogP contribution in [0, 0.1) is 5.92 Å². The SMILES string of the molecule is CCCCCCCCCCCCCCCCOc1ccc(/C=C/C(=O)C2C(=O)C=C(C)OC2=O)cc1. The van der Waals surface area contributed by atoms with E-state index in [1.165, 1.54) is 103 Å². The number of hydrogen-bond acceptors (Lipinski definition) is 5. The molecule has 1 aliphatic heterocycles. The molecule has 1 atom stereocenters. The van der Waals surface area contributed by atoms with Crippen molar-refractivity contribution in [2.45, 2.75) is 104 Å². The summed E-state index contributed by atoms with van der Waals surface area (Å²) in [5.41, 5.74) is 0.788. The minimum absolute atomic E-state index is 0.211. The summed E-state index contributed by atoms with van der Waals surface area (Å²) in [5.74, 6) is -2.33. The Hall–Kier alpha value is -2.69. The average molecular weight is 497 g/mol. The highest BCUT2D eigenvalue weighted by molar-refractivity contribution is 6.25. The van der Waals surface area contributed by atoms with Crippen molar-refractivity contribution < 1.29 is 23.9 Å². The zero-order chi connectivity index (χ0) is 26.0. The molecule has 1 aromatic rings. The number of cyclic esters (lactones) is 1. The predicted molar refractivity (Wildman–Crippen MR) is 145 cm³/mol. The van der Waals surface area contributed by atoms with Gasteiger partial charge in [-0.1, -0.05) is 109 Å². The van der Waals surface area contributed by atoms with E-state index in [1.54, 1.807) is 6.08 Å². The molecule has 5 nitrogen and oxygen atoms in total. The number of ether oxygens (including phenoxy) is 2. The molecule has 36 heavy (non-hydrogen) atoms. The first-order valence-corrected chi connectivity index (χ1v) is 13.9. The number of hydrogen-bond donors (Lipinski definition) is 0. The minimum atomic E-state index is -1.40. The van der Waals surface area contributed by atoms with E-state index in [0.29, 0.717) is 6.61 Å². The molecule has 1 unspecified atom stereocenters. The highest BCUT2D eigenvalue weighted by Gasteiger charge is 2.36. The molecule has 198 valence electrons. The molecule has 0 N–H and O–H groups in total. The Balaban J connectivity index is 1.51. The number of carbonyl (C=O) groups is 3. The largest absolute Gasteiger partial charge is 0.494 e. The maximum Gasteiger partial charge on any atom is 0.329 e. The molecule has 1 aromatic carbocycles. The summed E-state index contributed by atoms with van der Waals surface area (Å²) >= 11 is 0. The second-order valence-corrected chi connectivity index (χ2v) is 9.76. The van der Waals surface area contributed by atoms with Crippen LogP contribution in [0.3, 0.4) is 0 Å². The summed E-state index contributed by atoms with van der Waals surface area (Å²) in [6.45, 7) is 4.48. The van der Waals surface area contributed by atoms with Gasteiger partial charge in [-0.05, 0) is 37.1 Å². The average Bonchev–Trinajstić information content (AvgIpc) is 2.85. The molecule has 5 heteroatoms. The van der Waals surface area contributed by atoms with Crippen molar-refractivity contribution in [3.05, 3.63) is 47.7 Å². The molecule has 1 heterocycles. The van der Waals surface area contributed by atoms with Gasteiger partial charge in [0.05, 0.1) is 6.61 Å². The molecule has 0 spiro atoms. The number of esters is 1. The van der Waals surface area contributed by atoms with Gasteiger partial charge in [-0.15, -0.1) is 0 Å². The lowest BCUT2D eigenvalue weighted by atomic mass is 9.96. The minimum Gasteiger partial charge on any atom is -0.494 e. The van der Waals surface area contributed by atoms with E-state index in [2.05, 4.69) is 6.92 Å². The summed E-state index contributed by atoms with van der Waals surface area (Å²) in [5, 5.41) is 0. The Morgan fingerprint density at radius 2 is 1.36 bits per heavy atom. The molecule has 0 bridgehead atoms. The van der Waals surface area contributed by atoms with Gasteiger partial charge in [0.2, 0.25) is 0 Å². The van der Waals surface area contributed by atoms with Crippen LogP contribution in [0.4, 0.5) is 0 Å². The van der Waals surface area contributed by atoms with Gasteiger partial charge in [0.15, 0.2) is 17.5 Å². The van der Waals surface area contributed by atoms with Crippen LogP contribution in [0.1, 0.15) is 109 Å². The molecule has 0 aromatic heterocycles. The van der Waals surface area contributed by atoms with Crippen molar-refractivity contribution in [2.24, 2.45) is 5.92 Å². The van der Waals surface area contributed by atoms with Gasteiger partial charge in [0, 0.05) is 6.08 Å². The second-order valence-electron chi connectivity index (χ2n) is 9.76. The Morgan fingerprint density at radius 3 is 1.89 bits per heavy atom. The highest BCUT2D eigenvalue weighted by atomic mass is 16.5. The van der Waals surface area contributed by atoms with Crippen LogP contribution in [0.25, 0.3) is 6.08 Å². The number of allylic oxidation sites excluding steroid dienone is 3. The molecule has 0 saturated heterocycles. The van der Waals surface area contributed by atoms with E-state index in [0.717, 1.165) is 17.7 Å². The molecule has 0 aliphatic carbocycles. The molecule has 0 radical (unpaired) electrons. The van der Waals surface area contributed by atoms with E-state index >= 15 is 0 Å². The zero-order valence-corrected chi connectivity index (χ0v) is 22.3. The quantitative estimate of drug-likeness (QED) is 0.0846. The van der Waals surface area contributed by atoms with Gasteiger partial charge in [0.25, 0.3) is 0 Å². The smallest absolute Gasteiger partial charge is 0.329 e. The van der Waals surface area contributed by atoms with Crippen LogP contribution in [0.2, 0.25) is 0 Å². The first kappa shape index (κ1) is 29.5. The summed E-state index contributed by atoms with van der Waals surface area (Å²) in [7, 11) is 0. The fourth-order valence-corrected chi connectivity index (χ4v) is 4.34. The molecule has 0 fully saturated rings. The summed E-state index contributed by atoms with van der Waals surface area (Å²) in [6.07, 6.45) is 22.7. The third-order valence-corrected chi connectivity index (χ3v) is 6.50. The third kappa shape index (κ3) is 11.8. The molecule has 1 aliphatic rings. The van der Waals surface area contributed by atoms with Gasteiger partial charge < -0.3 is 9.47 Å². The maximum atomic E-state index is 12.3. The van der Waals surface area contributed by atoms with E-state index in [-0.39, 0.29) is 5.76 Å². The third-order valence-electron chi connectivity index (χ3n) is 6.50. The lowest BCUT2D eigenvalue weighted by Crippen LogP contribution is -2.34. The van der Waals surface area contributed by atoms with E-state index < -0.39 is 23.5 Å². The number of ketones is 2. The summed E-state index contributed by atoms with van der Waals surface area (Å²) in [4.78, 5) is 36.1. The first-order chi connectivity index (χ1) is 17.5. The van der Waals surface area contributed by atoms with Gasteiger partial charge in [-0.25, -0.2) is 0 Å². The number of carbonyl (C=O) groups excluding carboxylic acids is 3. The molecule has 0 saturated carbocycles. The molecular formula is C31H44O5. The first-order valence-electron chi connectivity index (χ1n) is 13.9. The summed E-state index contributed by atoms with van der Waals surface area (Å²) in [6, 6.07) is 7.41. The lowest BCUT2D eigenvalue weighted by molar-refractivity contribution is -0.151. The Bertz CT molecular complexity index is 865. The number of benzene rings is 1. The van der Waals surface area contributed by atoms with Crippen molar-refractivity contribution >= 4 is 23.6 Å². The standard InChI is InChI=1S/C31H44O5/c1-3-4-5-6-7-8-9-10-11-12-13-14-15-16-23-35-27-20-17-26(18-21-27)19-22-28(32)30-29(33)24-25(2)36-31(30)34/h17-22,24,30H,3-16,23H2,1-2H3/b22-19+. The predicted octanol–water partition coefficient (Wildman–Crippen LogP) is 7.77. The Morgan fingerprint density at radius 1 is 0.833 bits per heavy atom. The van der Waals surface area contributed by atoms with Crippen LogP contribution in [0.15, 0.2) is 42.2 Å². The van der Waals surface area contributed by atoms with Crippen LogP contribution >= 0.6 is 0 Å². The van der Waals surface area contributed by atoms with Crippen molar-refractivity contribution in [3.63, 3.8) is 0 Å². The monoisotopic (exact) mass is 496 g/mol. The van der Waals surface area contributed by atoms with Crippen molar-refractivity contribution in [2.75, 3.05) is 6.61 Å². The zero-order valence-electron chi connectivity index (χ0n) is 22.3. The fourth-order valence-electron chi connectivity index (χ4n) is 4.34. The van der Waals surface area contributed by atoms with Gasteiger partial charge >= 0.3 is 5.97 Å². The maximum absolute atomic E-state index is 12.3. The number of rotatable bonds is 19. The molecule has 2 rings (SSSR count). The second kappa shape index (κ2) is 17.7. The molecule has 0 amide bonds. The Kier molecular flexibility index (Phi) is 14.5.